The van der Waals surface area contributed by atoms with Gasteiger partial charge >= 0.3 is 6.18 Å². The SMILES string of the molecule is CN=C(NCC(=O)NCc1ccco1)NCc1ccc(F)cc1C(F)(F)F. The van der Waals surface area contributed by atoms with Crippen molar-refractivity contribution in [2.75, 3.05) is 13.6 Å². The van der Waals surface area contributed by atoms with Crippen molar-refractivity contribution in [1.29, 1.82) is 0 Å². The lowest BCUT2D eigenvalue weighted by atomic mass is 10.1. The predicted molar refractivity (Wildman–Crippen MR) is 90.2 cm³/mol. The molecule has 27 heavy (non-hydrogen) atoms. The molecule has 0 spiro atoms. The number of furan rings is 1. The first kappa shape index (κ1) is 20.3. The monoisotopic (exact) mass is 386 g/mol. The summed E-state index contributed by atoms with van der Waals surface area (Å²) in [6.07, 6.45) is -3.20. The van der Waals surface area contributed by atoms with E-state index in [1.54, 1.807) is 12.1 Å². The second-order valence-corrected chi connectivity index (χ2v) is 5.43. The first-order valence-corrected chi connectivity index (χ1v) is 7.89. The molecule has 0 aliphatic heterocycles. The number of guanidine groups is 1. The maximum atomic E-state index is 13.1. The van der Waals surface area contributed by atoms with E-state index >= 15 is 0 Å². The van der Waals surface area contributed by atoms with Crippen LogP contribution in [0.3, 0.4) is 0 Å². The second kappa shape index (κ2) is 9.06. The Morgan fingerprint density at radius 1 is 1.15 bits per heavy atom. The fourth-order valence-electron chi connectivity index (χ4n) is 2.19. The molecule has 146 valence electrons. The van der Waals surface area contributed by atoms with Crippen molar-refractivity contribution in [1.82, 2.24) is 16.0 Å². The average Bonchev–Trinajstić information content (AvgIpc) is 3.13. The minimum atomic E-state index is -4.68. The molecule has 0 radical (unpaired) electrons. The van der Waals surface area contributed by atoms with Crippen molar-refractivity contribution in [2.24, 2.45) is 4.99 Å². The van der Waals surface area contributed by atoms with Crippen molar-refractivity contribution < 1.29 is 26.8 Å². The van der Waals surface area contributed by atoms with Crippen LogP contribution in [0.25, 0.3) is 0 Å². The highest BCUT2D eigenvalue weighted by molar-refractivity contribution is 5.86. The minimum Gasteiger partial charge on any atom is -0.467 e. The topological polar surface area (TPSA) is 78.7 Å². The van der Waals surface area contributed by atoms with Gasteiger partial charge in [-0.2, -0.15) is 13.2 Å². The number of halogens is 4. The van der Waals surface area contributed by atoms with Crippen LogP contribution < -0.4 is 16.0 Å². The first-order chi connectivity index (χ1) is 12.8. The Labute approximate surface area is 152 Å². The summed E-state index contributed by atoms with van der Waals surface area (Å²) >= 11 is 0. The molecule has 0 atom stereocenters. The van der Waals surface area contributed by atoms with E-state index in [1.165, 1.54) is 13.3 Å². The van der Waals surface area contributed by atoms with Gasteiger partial charge in [-0.1, -0.05) is 6.07 Å². The molecule has 0 aliphatic carbocycles. The molecular formula is C17H18F4N4O2. The van der Waals surface area contributed by atoms with Gasteiger partial charge in [-0.3, -0.25) is 9.79 Å². The van der Waals surface area contributed by atoms with E-state index in [1.807, 2.05) is 0 Å². The van der Waals surface area contributed by atoms with Gasteiger partial charge < -0.3 is 20.4 Å². The van der Waals surface area contributed by atoms with Gasteiger partial charge in [0.05, 0.1) is 24.9 Å². The van der Waals surface area contributed by atoms with Gasteiger partial charge in [-0.05, 0) is 29.8 Å². The Balaban J connectivity index is 1.86. The van der Waals surface area contributed by atoms with Crippen molar-refractivity contribution in [2.45, 2.75) is 19.3 Å². The predicted octanol–water partition coefficient (Wildman–Crippen LogP) is 2.42. The Hall–Kier alpha value is -3.04. The number of benzene rings is 1. The molecule has 6 nitrogen and oxygen atoms in total. The molecule has 1 heterocycles. The molecule has 0 saturated heterocycles. The third-order valence-corrected chi connectivity index (χ3v) is 3.50. The molecule has 2 rings (SSSR count). The summed E-state index contributed by atoms with van der Waals surface area (Å²) in [5.74, 6) is -0.614. The summed E-state index contributed by atoms with van der Waals surface area (Å²) in [7, 11) is 1.41. The summed E-state index contributed by atoms with van der Waals surface area (Å²) < 4.78 is 57.2. The first-order valence-electron chi connectivity index (χ1n) is 7.89. The van der Waals surface area contributed by atoms with E-state index in [2.05, 4.69) is 20.9 Å². The lowest BCUT2D eigenvalue weighted by molar-refractivity contribution is -0.138. The van der Waals surface area contributed by atoms with E-state index in [0.717, 1.165) is 12.1 Å². The van der Waals surface area contributed by atoms with Crippen LogP contribution in [0.15, 0.2) is 46.0 Å². The molecule has 0 aliphatic rings. The number of rotatable bonds is 6. The maximum Gasteiger partial charge on any atom is 0.416 e. The number of hydrogen-bond donors (Lipinski definition) is 3. The number of amides is 1. The molecule has 3 N–H and O–H groups in total. The van der Waals surface area contributed by atoms with Crippen LogP contribution in [-0.4, -0.2) is 25.5 Å². The molecule has 0 unspecified atom stereocenters. The zero-order chi connectivity index (χ0) is 19.9. The molecule has 1 aromatic heterocycles. The summed E-state index contributed by atoms with van der Waals surface area (Å²) in [4.78, 5) is 15.6. The number of nitrogens with zero attached hydrogens (tertiary/aromatic N) is 1. The smallest absolute Gasteiger partial charge is 0.416 e. The third kappa shape index (κ3) is 6.32. The lowest BCUT2D eigenvalue weighted by Crippen LogP contribution is -2.42. The number of alkyl halides is 3. The molecule has 10 heteroatoms. The fraction of sp³-hybridized carbons (Fsp3) is 0.294. The van der Waals surface area contributed by atoms with Crippen molar-refractivity contribution in [3.05, 3.63) is 59.3 Å². The van der Waals surface area contributed by atoms with Crippen LogP contribution in [0.5, 0.6) is 0 Å². The van der Waals surface area contributed by atoms with Crippen molar-refractivity contribution in [3.63, 3.8) is 0 Å². The van der Waals surface area contributed by atoms with Gasteiger partial charge in [0.15, 0.2) is 5.96 Å². The van der Waals surface area contributed by atoms with Gasteiger partial charge in [0.25, 0.3) is 0 Å². The fourth-order valence-corrected chi connectivity index (χ4v) is 2.19. The molecule has 0 bridgehead atoms. The molecule has 0 saturated carbocycles. The molecular weight excluding hydrogens is 368 g/mol. The quantitative estimate of drug-likeness (QED) is 0.405. The summed E-state index contributed by atoms with van der Waals surface area (Å²) in [6.45, 7) is -0.178. The summed E-state index contributed by atoms with van der Waals surface area (Å²) in [5.41, 5.74) is -1.21. The molecule has 1 amide bonds. The highest BCUT2D eigenvalue weighted by Crippen LogP contribution is 2.32. The largest absolute Gasteiger partial charge is 0.467 e. The van der Waals surface area contributed by atoms with Gasteiger partial charge in [-0.15, -0.1) is 0 Å². The summed E-state index contributed by atoms with van der Waals surface area (Å²) in [5, 5.41) is 7.95. The van der Waals surface area contributed by atoms with Gasteiger partial charge in [0.2, 0.25) is 5.91 Å². The van der Waals surface area contributed by atoms with E-state index < -0.39 is 17.6 Å². The van der Waals surface area contributed by atoms with E-state index in [0.29, 0.717) is 11.8 Å². The summed E-state index contributed by atoms with van der Waals surface area (Å²) in [6, 6.07) is 5.83. The third-order valence-electron chi connectivity index (χ3n) is 3.50. The van der Waals surface area contributed by atoms with Crippen LogP contribution in [-0.2, 0) is 24.1 Å². The van der Waals surface area contributed by atoms with E-state index in [4.69, 9.17) is 4.42 Å². The molecule has 2 aromatic rings. The van der Waals surface area contributed by atoms with Gasteiger partial charge in [-0.25, -0.2) is 4.39 Å². The van der Waals surface area contributed by atoms with E-state index in [9.17, 15) is 22.4 Å². The zero-order valence-corrected chi connectivity index (χ0v) is 14.4. The minimum absolute atomic E-state index is 0.126. The van der Waals surface area contributed by atoms with Crippen molar-refractivity contribution in [3.8, 4) is 0 Å². The molecule has 1 aromatic carbocycles. The number of nitrogens with one attached hydrogen (secondary N) is 3. The number of carbonyl (C=O) groups is 1. The Kier molecular flexibility index (Phi) is 6.80. The Bertz CT molecular complexity index is 789. The van der Waals surface area contributed by atoms with Gasteiger partial charge in [0, 0.05) is 13.6 Å². The van der Waals surface area contributed by atoms with E-state index in [-0.39, 0.29) is 37.1 Å². The van der Waals surface area contributed by atoms with Gasteiger partial charge in [0.1, 0.15) is 11.6 Å². The van der Waals surface area contributed by atoms with Crippen LogP contribution >= 0.6 is 0 Å². The lowest BCUT2D eigenvalue weighted by Gasteiger charge is -2.15. The maximum absolute atomic E-state index is 13.1. The number of carbonyl (C=O) groups excluding carboxylic acids is 1. The highest BCUT2D eigenvalue weighted by Gasteiger charge is 2.33. The zero-order valence-electron chi connectivity index (χ0n) is 14.4. The van der Waals surface area contributed by atoms with Crippen LogP contribution in [0.2, 0.25) is 0 Å². The van der Waals surface area contributed by atoms with Crippen molar-refractivity contribution >= 4 is 11.9 Å². The molecule has 0 fully saturated rings. The van der Waals surface area contributed by atoms with Crippen LogP contribution in [0.4, 0.5) is 17.6 Å². The average molecular weight is 386 g/mol. The normalized spacial score (nSPS) is 12.0. The van der Waals surface area contributed by atoms with Crippen LogP contribution in [0.1, 0.15) is 16.9 Å². The number of aliphatic imine (C=N–C) groups is 1. The van der Waals surface area contributed by atoms with Crippen LogP contribution in [0, 0.1) is 5.82 Å². The highest BCUT2D eigenvalue weighted by atomic mass is 19.4. The number of hydrogen-bond acceptors (Lipinski definition) is 3. The Morgan fingerprint density at radius 2 is 1.93 bits per heavy atom. The Morgan fingerprint density at radius 3 is 2.56 bits per heavy atom. The standard InChI is InChI=1S/C17H18F4N4O2/c1-22-16(25-10-15(26)23-9-13-3-2-6-27-13)24-8-11-4-5-12(18)7-14(11)17(19,20)21/h2-7H,8-10H2,1H3,(H,23,26)(H2,22,24,25). The second-order valence-electron chi connectivity index (χ2n) is 5.43.